The van der Waals surface area contributed by atoms with E-state index in [1.54, 1.807) is 23.4 Å². The van der Waals surface area contributed by atoms with Crippen LogP contribution in [0.1, 0.15) is 76.2 Å². The molecule has 0 saturated carbocycles. The van der Waals surface area contributed by atoms with Crippen molar-refractivity contribution in [1.29, 1.82) is 0 Å². The zero-order valence-corrected chi connectivity index (χ0v) is 29.5. The second kappa shape index (κ2) is 15.3. The Bertz CT molecular complexity index is 2040. The lowest BCUT2D eigenvalue weighted by Gasteiger charge is -2.34. The Balaban J connectivity index is 0.893. The van der Waals surface area contributed by atoms with E-state index in [2.05, 4.69) is 65.2 Å². The van der Waals surface area contributed by atoms with Crippen molar-refractivity contribution in [2.45, 2.75) is 51.2 Å². The number of pyridine rings is 2. The summed E-state index contributed by atoms with van der Waals surface area (Å²) in [6.07, 6.45) is 6.74. The van der Waals surface area contributed by atoms with Gasteiger partial charge in [0.1, 0.15) is 11.6 Å². The first-order valence-corrected chi connectivity index (χ1v) is 17.9. The third-order valence-electron chi connectivity index (χ3n) is 10.4. The molecule has 0 bridgehead atoms. The fourth-order valence-electron chi connectivity index (χ4n) is 7.34. The first-order chi connectivity index (χ1) is 25.3. The standard InChI is InChI=1S/C39H43N9O4/c1-26(10-13-37(50)42-25-49)48-24-31-27(6-3-8-30(31)39(48)52)7-4-15-46-16-18-47(19-17-46)36-12-11-28(22-41-36)38(51)44-35-21-32-29(23-40-35)20-33(43-32)34-9-5-14-45(34)2/h3,6,8,11-12,20-23,25-26,34,43H,5,9-10,13-19,24H2,1-2H3,(H,40,44,51)(H,42,49,50). The van der Waals surface area contributed by atoms with Crippen LogP contribution in [0.2, 0.25) is 0 Å². The molecule has 2 atom stereocenters. The van der Waals surface area contributed by atoms with Gasteiger partial charge >= 0.3 is 0 Å². The van der Waals surface area contributed by atoms with Crippen LogP contribution in [-0.4, -0.2) is 106 Å². The monoisotopic (exact) mass is 701 g/mol. The van der Waals surface area contributed by atoms with E-state index in [0.717, 1.165) is 67.0 Å². The Morgan fingerprint density at radius 2 is 1.92 bits per heavy atom. The lowest BCUT2D eigenvalue weighted by molar-refractivity contribution is -0.125. The number of carbonyl (C=O) groups excluding carboxylic acids is 4. The number of aromatic nitrogens is 3. The molecule has 0 spiro atoms. The number of hydrogen-bond acceptors (Lipinski definition) is 9. The smallest absolute Gasteiger partial charge is 0.258 e. The maximum atomic E-state index is 13.1. The first-order valence-electron chi connectivity index (χ1n) is 17.9. The summed E-state index contributed by atoms with van der Waals surface area (Å²) in [5, 5.41) is 6.09. The van der Waals surface area contributed by atoms with Crippen LogP contribution in [0.3, 0.4) is 0 Å². The minimum atomic E-state index is -0.353. The molecular weight excluding hydrogens is 658 g/mol. The van der Waals surface area contributed by atoms with E-state index in [1.165, 1.54) is 12.1 Å². The minimum Gasteiger partial charge on any atom is -0.357 e. The van der Waals surface area contributed by atoms with Gasteiger partial charge in [-0.2, -0.15) is 0 Å². The Labute approximate surface area is 302 Å². The number of hydrogen-bond donors (Lipinski definition) is 3. The van der Waals surface area contributed by atoms with E-state index in [4.69, 9.17) is 0 Å². The summed E-state index contributed by atoms with van der Waals surface area (Å²) in [5.74, 6) is 7.24. The molecule has 2 unspecified atom stereocenters. The van der Waals surface area contributed by atoms with Crippen LogP contribution < -0.4 is 15.5 Å². The summed E-state index contributed by atoms with van der Waals surface area (Å²) < 4.78 is 0. The molecule has 7 rings (SSSR count). The summed E-state index contributed by atoms with van der Waals surface area (Å²) in [4.78, 5) is 69.6. The van der Waals surface area contributed by atoms with Crippen molar-refractivity contribution in [3.8, 4) is 11.8 Å². The number of imide groups is 1. The number of likely N-dealkylation sites (tertiary alicyclic amines) is 1. The molecular formula is C39H43N9O4. The molecule has 3 N–H and O–H groups in total. The van der Waals surface area contributed by atoms with Gasteiger partial charge in [0.25, 0.3) is 11.8 Å². The third-order valence-corrected chi connectivity index (χ3v) is 10.4. The molecule has 4 amide bonds. The number of anilines is 2. The Hall–Kier alpha value is -5.58. The molecule has 1 aromatic carbocycles. The summed E-state index contributed by atoms with van der Waals surface area (Å²) >= 11 is 0. The maximum absolute atomic E-state index is 13.1. The molecule has 2 fully saturated rings. The van der Waals surface area contributed by atoms with Crippen LogP contribution in [0.5, 0.6) is 0 Å². The molecule has 268 valence electrons. The highest BCUT2D eigenvalue weighted by Gasteiger charge is 2.32. The number of amides is 4. The number of nitrogens with zero attached hydrogens (tertiary/aromatic N) is 6. The predicted molar refractivity (Wildman–Crippen MR) is 198 cm³/mol. The summed E-state index contributed by atoms with van der Waals surface area (Å²) in [7, 11) is 2.15. The number of rotatable bonds is 10. The van der Waals surface area contributed by atoms with E-state index >= 15 is 0 Å². The molecule has 3 aromatic heterocycles. The molecule has 4 aromatic rings. The molecule has 0 aliphatic carbocycles. The Morgan fingerprint density at radius 1 is 1.08 bits per heavy atom. The van der Waals surface area contributed by atoms with Crippen LogP contribution in [0, 0.1) is 11.8 Å². The highest BCUT2D eigenvalue weighted by molar-refractivity contribution is 6.04. The minimum absolute atomic E-state index is 0.0622. The number of piperazine rings is 1. The number of nitrogens with one attached hydrogen (secondary N) is 3. The molecule has 0 radical (unpaired) electrons. The first kappa shape index (κ1) is 34.9. The molecule has 13 heteroatoms. The Morgan fingerprint density at radius 3 is 2.67 bits per heavy atom. The van der Waals surface area contributed by atoms with E-state index < -0.39 is 0 Å². The Kier molecular flexibility index (Phi) is 10.3. The van der Waals surface area contributed by atoms with E-state index in [1.807, 2.05) is 37.3 Å². The lowest BCUT2D eigenvalue weighted by Crippen LogP contribution is -2.46. The fraction of sp³-hybridized carbons (Fsp3) is 0.385. The van der Waals surface area contributed by atoms with Gasteiger partial charge in [-0.1, -0.05) is 17.9 Å². The quantitative estimate of drug-likeness (QED) is 0.167. The van der Waals surface area contributed by atoms with E-state index in [-0.39, 0.29) is 30.2 Å². The average Bonchev–Trinajstić information content (AvgIpc) is 3.87. The van der Waals surface area contributed by atoms with Crippen molar-refractivity contribution in [3.05, 3.63) is 82.8 Å². The SMILES string of the molecule is CC(CCC(=O)NC=O)N1Cc2c(C#CCN3CCN(c4ccc(C(=O)Nc5cc6[nH]c(C7CCCN7C)cc6cn5)cn4)CC3)cccc2C1=O. The van der Waals surface area contributed by atoms with Gasteiger partial charge in [-0.25, -0.2) is 9.97 Å². The number of H-pyrrole nitrogens is 1. The van der Waals surface area contributed by atoms with Crippen LogP contribution in [0.4, 0.5) is 11.6 Å². The number of fused-ring (bicyclic) bond motifs is 2. The average molecular weight is 702 g/mol. The van der Waals surface area contributed by atoms with Gasteiger partial charge in [0.2, 0.25) is 12.3 Å². The van der Waals surface area contributed by atoms with Crippen molar-refractivity contribution in [1.82, 2.24) is 35.0 Å². The van der Waals surface area contributed by atoms with Gasteiger partial charge in [-0.3, -0.25) is 34.3 Å². The van der Waals surface area contributed by atoms with Crippen molar-refractivity contribution >= 4 is 46.7 Å². The van der Waals surface area contributed by atoms with Crippen LogP contribution >= 0.6 is 0 Å². The van der Waals surface area contributed by atoms with Crippen molar-refractivity contribution in [3.63, 3.8) is 0 Å². The third kappa shape index (κ3) is 7.54. The topological polar surface area (TPSA) is 147 Å². The van der Waals surface area contributed by atoms with Crippen molar-refractivity contribution in [2.75, 3.05) is 56.5 Å². The molecule has 13 nitrogen and oxygen atoms in total. The second-order valence-electron chi connectivity index (χ2n) is 13.8. The van der Waals surface area contributed by atoms with Gasteiger partial charge in [-0.15, -0.1) is 0 Å². The second-order valence-corrected chi connectivity index (χ2v) is 13.8. The van der Waals surface area contributed by atoms with Gasteiger partial charge in [0.05, 0.1) is 17.6 Å². The number of aromatic amines is 1. The maximum Gasteiger partial charge on any atom is 0.258 e. The molecule has 3 aliphatic rings. The summed E-state index contributed by atoms with van der Waals surface area (Å²) in [5.41, 5.74) is 5.00. The molecule has 6 heterocycles. The zero-order chi connectivity index (χ0) is 36.2. The lowest BCUT2D eigenvalue weighted by atomic mass is 10.0. The highest BCUT2D eigenvalue weighted by Crippen LogP contribution is 2.32. The molecule has 3 aliphatic heterocycles. The summed E-state index contributed by atoms with van der Waals surface area (Å²) in [6, 6.07) is 13.6. The largest absolute Gasteiger partial charge is 0.357 e. The highest BCUT2D eigenvalue weighted by atomic mass is 16.2. The van der Waals surface area contributed by atoms with Gasteiger partial charge in [-0.05, 0) is 75.7 Å². The van der Waals surface area contributed by atoms with E-state index in [9.17, 15) is 19.2 Å². The van der Waals surface area contributed by atoms with Crippen LogP contribution in [0.25, 0.3) is 10.9 Å². The molecule has 2 saturated heterocycles. The van der Waals surface area contributed by atoms with Crippen LogP contribution in [0.15, 0.2) is 54.9 Å². The van der Waals surface area contributed by atoms with Crippen LogP contribution in [-0.2, 0) is 16.1 Å². The number of benzene rings is 1. The predicted octanol–water partition coefficient (Wildman–Crippen LogP) is 3.55. The number of carbonyl (C=O) groups is 4. The van der Waals surface area contributed by atoms with Gasteiger partial charge in [0.15, 0.2) is 0 Å². The normalized spacial score (nSPS) is 18.2. The van der Waals surface area contributed by atoms with Gasteiger partial charge < -0.3 is 20.1 Å². The van der Waals surface area contributed by atoms with Crippen molar-refractivity contribution < 1.29 is 19.2 Å². The van der Waals surface area contributed by atoms with E-state index in [0.29, 0.717) is 48.9 Å². The molecule has 52 heavy (non-hydrogen) atoms. The van der Waals surface area contributed by atoms with Crippen molar-refractivity contribution in [2.24, 2.45) is 0 Å². The fourth-order valence-corrected chi connectivity index (χ4v) is 7.34. The summed E-state index contributed by atoms with van der Waals surface area (Å²) in [6.45, 7) is 7.26. The van der Waals surface area contributed by atoms with Gasteiger partial charge in [0, 0.05) is 91.9 Å². The zero-order valence-electron chi connectivity index (χ0n) is 29.5.